The number of amides is 1. The van der Waals surface area contributed by atoms with Gasteiger partial charge in [-0.2, -0.15) is 5.10 Å². The van der Waals surface area contributed by atoms with Gasteiger partial charge in [-0.3, -0.25) is 14.3 Å². The molecule has 0 aliphatic carbocycles. The van der Waals surface area contributed by atoms with Crippen molar-refractivity contribution in [3.63, 3.8) is 0 Å². The first kappa shape index (κ1) is 14.2. The van der Waals surface area contributed by atoms with Gasteiger partial charge >= 0.3 is 5.97 Å². The number of hydrogen-bond acceptors (Lipinski definition) is 3. The number of aliphatic carboxylic acids is 1. The summed E-state index contributed by atoms with van der Waals surface area (Å²) in [6, 6.07) is 0. The summed E-state index contributed by atoms with van der Waals surface area (Å²) in [7, 11) is 0. The van der Waals surface area contributed by atoms with Crippen LogP contribution in [0, 0.1) is 6.92 Å². The molecule has 0 aliphatic rings. The number of aryl methyl sites for hydroxylation is 1. The van der Waals surface area contributed by atoms with Gasteiger partial charge in [0.25, 0.3) is 0 Å². The zero-order valence-corrected chi connectivity index (χ0v) is 10.8. The third-order valence-electron chi connectivity index (χ3n) is 2.77. The number of carboxylic acid groups (broad SMARTS) is 1. The number of carbonyl (C=O) groups excluding carboxylic acids is 1. The van der Waals surface area contributed by atoms with Gasteiger partial charge in [-0.1, -0.05) is 0 Å². The van der Waals surface area contributed by atoms with Crippen LogP contribution >= 0.6 is 0 Å². The molecule has 0 bridgehead atoms. The average molecular weight is 253 g/mol. The van der Waals surface area contributed by atoms with E-state index < -0.39 is 5.97 Å². The highest BCUT2D eigenvalue weighted by Crippen LogP contribution is 2.06. The van der Waals surface area contributed by atoms with Crippen LogP contribution in [0.4, 0.5) is 0 Å². The highest BCUT2D eigenvalue weighted by atomic mass is 16.4. The summed E-state index contributed by atoms with van der Waals surface area (Å²) < 4.78 is 1.87. The minimum absolute atomic E-state index is 0.0280. The first-order chi connectivity index (χ1) is 8.54. The second-order valence-electron chi connectivity index (χ2n) is 4.10. The van der Waals surface area contributed by atoms with Crippen LogP contribution in [0.25, 0.3) is 0 Å². The van der Waals surface area contributed by atoms with Crippen LogP contribution in [0.1, 0.15) is 37.4 Å². The van der Waals surface area contributed by atoms with E-state index in [4.69, 9.17) is 5.11 Å². The van der Waals surface area contributed by atoms with Crippen LogP contribution in [0.3, 0.4) is 0 Å². The van der Waals surface area contributed by atoms with E-state index in [2.05, 4.69) is 10.4 Å². The minimum Gasteiger partial charge on any atom is -0.481 e. The smallest absolute Gasteiger partial charge is 0.303 e. The third-order valence-corrected chi connectivity index (χ3v) is 2.77. The molecule has 1 rings (SSSR count). The van der Waals surface area contributed by atoms with Crippen molar-refractivity contribution < 1.29 is 14.7 Å². The summed E-state index contributed by atoms with van der Waals surface area (Å²) in [6.07, 6.45) is 2.39. The van der Waals surface area contributed by atoms with Gasteiger partial charge < -0.3 is 10.4 Å². The van der Waals surface area contributed by atoms with Crippen LogP contribution in [-0.2, 0) is 22.7 Å². The highest BCUT2D eigenvalue weighted by molar-refractivity contribution is 5.76. The number of aromatic nitrogens is 2. The Morgan fingerprint density at radius 1 is 1.44 bits per heavy atom. The van der Waals surface area contributed by atoms with Gasteiger partial charge in [0, 0.05) is 37.2 Å². The Balaban J connectivity index is 2.33. The topological polar surface area (TPSA) is 84.2 Å². The minimum atomic E-state index is -0.872. The number of carboxylic acids is 1. The van der Waals surface area contributed by atoms with Crippen molar-refractivity contribution in [2.24, 2.45) is 0 Å². The molecule has 100 valence electrons. The lowest BCUT2D eigenvalue weighted by atomic mass is 10.2. The normalized spacial score (nSPS) is 10.3. The van der Waals surface area contributed by atoms with Gasteiger partial charge in [-0.25, -0.2) is 0 Å². The van der Waals surface area contributed by atoms with Crippen molar-refractivity contribution in [1.29, 1.82) is 0 Å². The molecule has 0 aliphatic heterocycles. The van der Waals surface area contributed by atoms with Crippen LogP contribution < -0.4 is 5.32 Å². The molecular weight excluding hydrogens is 234 g/mol. The SMILES string of the molecule is CCn1ncc(CNC(=O)CCCC(=O)O)c1C. The second-order valence-corrected chi connectivity index (χ2v) is 4.10. The van der Waals surface area contributed by atoms with Crippen molar-refractivity contribution in [3.05, 3.63) is 17.5 Å². The second kappa shape index (κ2) is 6.78. The number of hydrogen-bond donors (Lipinski definition) is 2. The van der Waals surface area contributed by atoms with Gasteiger partial charge in [-0.05, 0) is 20.3 Å². The van der Waals surface area contributed by atoms with E-state index in [1.165, 1.54) is 0 Å². The van der Waals surface area contributed by atoms with Crippen LogP contribution in [0.5, 0.6) is 0 Å². The molecule has 0 spiro atoms. The van der Waals surface area contributed by atoms with Crippen LogP contribution in [-0.4, -0.2) is 26.8 Å². The summed E-state index contributed by atoms with van der Waals surface area (Å²) in [5, 5.41) is 15.4. The van der Waals surface area contributed by atoms with E-state index >= 15 is 0 Å². The number of nitrogens with zero attached hydrogens (tertiary/aromatic N) is 2. The van der Waals surface area contributed by atoms with Gasteiger partial charge in [-0.15, -0.1) is 0 Å². The average Bonchev–Trinajstić information content (AvgIpc) is 2.67. The third kappa shape index (κ3) is 4.20. The fourth-order valence-electron chi connectivity index (χ4n) is 1.66. The van der Waals surface area contributed by atoms with Crippen molar-refractivity contribution in [1.82, 2.24) is 15.1 Å². The Morgan fingerprint density at radius 2 is 2.17 bits per heavy atom. The molecule has 0 fully saturated rings. The molecule has 1 aromatic heterocycles. The van der Waals surface area contributed by atoms with E-state index in [1.54, 1.807) is 6.20 Å². The number of rotatable bonds is 7. The largest absolute Gasteiger partial charge is 0.481 e. The molecule has 1 aromatic rings. The lowest BCUT2D eigenvalue weighted by Gasteiger charge is -2.05. The molecule has 6 heteroatoms. The lowest BCUT2D eigenvalue weighted by Crippen LogP contribution is -2.22. The van der Waals surface area contributed by atoms with E-state index in [9.17, 15) is 9.59 Å². The molecule has 0 atom stereocenters. The molecule has 2 N–H and O–H groups in total. The monoisotopic (exact) mass is 253 g/mol. The van der Waals surface area contributed by atoms with E-state index in [0.717, 1.165) is 17.8 Å². The number of carbonyl (C=O) groups is 2. The van der Waals surface area contributed by atoms with Crippen molar-refractivity contribution in [2.75, 3.05) is 0 Å². The summed E-state index contributed by atoms with van der Waals surface area (Å²) in [5.41, 5.74) is 2.03. The Bertz CT molecular complexity index is 426. The van der Waals surface area contributed by atoms with Gasteiger partial charge in [0.2, 0.25) is 5.91 Å². The van der Waals surface area contributed by atoms with Gasteiger partial charge in [0.05, 0.1) is 6.20 Å². The molecule has 1 heterocycles. The maximum atomic E-state index is 11.5. The van der Waals surface area contributed by atoms with Crippen molar-refractivity contribution >= 4 is 11.9 Å². The Labute approximate surface area is 106 Å². The first-order valence-electron chi connectivity index (χ1n) is 6.04. The fraction of sp³-hybridized carbons (Fsp3) is 0.583. The maximum Gasteiger partial charge on any atom is 0.303 e. The summed E-state index contributed by atoms with van der Waals surface area (Å²) in [6.45, 7) is 5.22. The summed E-state index contributed by atoms with van der Waals surface area (Å²) in [4.78, 5) is 21.8. The fourth-order valence-corrected chi connectivity index (χ4v) is 1.66. The van der Waals surface area contributed by atoms with E-state index in [0.29, 0.717) is 13.0 Å². The summed E-state index contributed by atoms with van der Waals surface area (Å²) in [5.74, 6) is -0.997. The molecule has 0 saturated carbocycles. The van der Waals surface area contributed by atoms with E-state index in [-0.39, 0.29) is 18.7 Å². The zero-order chi connectivity index (χ0) is 13.5. The molecule has 0 radical (unpaired) electrons. The molecule has 0 aromatic carbocycles. The standard InChI is InChI=1S/C12H19N3O3/c1-3-15-9(2)10(8-14-15)7-13-11(16)5-4-6-12(17)18/h8H,3-7H2,1-2H3,(H,13,16)(H,17,18). The maximum absolute atomic E-state index is 11.5. The predicted molar refractivity (Wildman–Crippen MR) is 66.0 cm³/mol. The molecular formula is C12H19N3O3. The molecule has 0 saturated heterocycles. The first-order valence-corrected chi connectivity index (χ1v) is 6.04. The molecule has 6 nitrogen and oxygen atoms in total. The van der Waals surface area contributed by atoms with Crippen LogP contribution in [0.15, 0.2) is 6.20 Å². The van der Waals surface area contributed by atoms with E-state index in [1.807, 2.05) is 18.5 Å². The zero-order valence-electron chi connectivity index (χ0n) is 10.8. The lowest BCUT2D eigenvalue weighted by molar-refractivity contribution is -0.137. The molecule has 18 heavy (non-hydrogen) atoms. The van der Waals surface area contributed by atoms with Crippen molar-refractivity contribution in [2.45, 2.75) is 46.2 Å². The molecule has 0 unspecified atom stereocenters. The highest BCUT2D eigenvalue weighted by Gasteiger charge is 2.07. The van der Waals surface area contributed by atoms with Crippen LogP contribution in [0.2, 0.25) is 0 Å². The quantitative estimate of drug-likeness (QED) is 0.761. The Kier molecular flexibility index (Phi) is 5.35. The Morgan fingerprint density at radius 3 is 2.72 bits per heavy atom. The summed E-state index contributed by atoms with van der Waals surface area (Å²) >= 11 is 0. The van der Waals surface area contributed by atoms with Gasteiger partial charge in [0.1, 0.15) is 0 Å². The predicted octanol–water partition coefficient (Wildman–Crippen LogP) is 1.08. The number of nitrogens with one attached hydrogen (secondary N) is 1. The van der Waals surface area contributed by atoms with Gasteiger partial charge in [0.15, 0.2) is 0 Å². The van der Waals surface area contributed by atoms with Crippen molar-refractivity contribution in [3.8, 4) is 0 Å². The molecule has 1 amide bonds. The Hall–Kier alpha value is -1.85.